The first kappa shape index (κ1) is 16.5. The van der Waals surface area contributed by atoms with E-state index in [1.165, 1.54) is 11.8 Å². The number of rotatable bonds is 7. The van der Waals surface area contributed by atoms with Crippen LogP contribution in [0.4, 0.5) is 0 Å². The summed E-state index contributed by atoms with van der Waals surface area (Å²) >= 11 is 1.53. The van der Waals surface area contributed by atoms with Gasteiger partial charge in [0.15, 0.2) is 5.82 Å². The SMILES string of the molecule is CC(C)CNC(=O)[C@H](C)SCc1nnnn1-c1ccccc1. The zero-order chi connectivity index (χ0) is 15.9. The maximum absolute atomic E-state index is 12.0. The Labute approximate surface area is 134 Å². The maximum atomic E-state index is 12.0. The van der Waals surface area contributed by atoms with Crippen LogP contribution in [0.15, 0.2) is 30.3 Å². The van der Waals surface area contributed by atoms with Crippen LogP contribution < -0.4 is 5.32 Å². The lowest BCUT2D eigenvalue weighted by Crippen LogP contribution is -2.33. The van der Waals surface area contributed by atoms with Gasteiger partial charge in [0, 0.05) is 6.54 Å². The van der Waals surface area contributed by atoms with Crippen molar-refractivity contribution in [3.63, 3.8) is 0 Å². The quantitative estimate of drug-likeness (QED) is 0.845. The van der Waals surface area contributed by atoms with Gasteiger partial charge in [0.05, 0.1) is 16.7 Å². The molecule has 0 unspecified atom stereocenters. The fraction of sp³-hybridized carbons (Fsp3) is 0.467. The van der Waals surface area contributed by atoms with E-state index in [2.05, 4.69) is 34.7 Å². The summed E-state index contributed by atoms with van der Waals surface area (Å²) < 4.78 is 1.70. The Kier molecular flexibility index (Phi) is 5.94. The molecule has 0 radical (unpaired) electrons. The zero-order valence-electron chi connectivity index (χ0n) is 13.1. The van der Waals surface area contributed by atoms with E-state index in [9.17, 15) is 4.79 Å². The van der Waals surface area contributed by atoms with Crippen molar-refractivity contribution in [2.45, 2.75) is 31.8 Å². The number of para-hydroxylation sites is 1. The minimum Gasteiger partial charge on any atom is -0.355 e. The van der Waals surface area contributed by atoms with E-state index >= 15 is 0 Å². The van der Waals surface area contributed by atoms with E-state index in [1.54, 1.807) is 4.68 Å². The lowest BCUT2D eigenvalue weighted by molar-refractivity contribution is -0.120. The van der Waals surface area contributed by atoms with Crippen molar-refractivity contribution in [1.29, 1.82) is 0 Å². The molecule has 22 heavy (non-hydrogen) atoms. The minimum absolute atomic E-state index is 0.0532. The number of aromatic nitrogens is 4. The number of benzene rings is 1. The van der Waals surface area contributed by atoms with Gasteiger partial charge in [-0.1, -0.05) is 32.0 Å². The molecule has 0 aliphatic heterocycles. The Morgan fingerprint density at radius 2 is 2.00 bits per heavy atom. The van der Waals surface area contributed by atoms with Crippen molar-refractivity contribution in [2.24, 2.45) is 5.92 Å². The Morgan fingerprint density at radius 3 is 2.68 bits per heavy atom. The molecule has 1 heterocycles. The maximum Gasteiger partial charge on any atom is 0.232 e. The first-order valence-electron chi connectivity index (χ1n) is 7.30. The number of thioether (sulfide) groups is 1. The van der Waals surface area contributed by atoms with Crippen molar-refractivity contribution in [1.82, 2.24) is 25.5 Å². The van der Waals surface area contributed by atoms with Gasteiger partial charge in [-0.15, -0.1) is 16.9 Å². The molecule has 0 aliphatic rings. The molecule has 118 valence electrons. The summed E-state index contributed by atoms with van der Waals surface area (Å²) in [5.74, 6) is 1.82. The fourth-order valence-electron chi connectivity index (χ4n) is 1.79. The van der Waals surface area contributed by atoms with Gasteiger partial charge in [-0.2, -0.15) is 4.68 Å². The van der Waals surface area contributed by atoms with Crippen LogP contribution in [-0.2, 0) is 10.5 Å². The second-order valence-electron chi connectivity index (χ2n) is 5.43. The third-order valence-electron chi connectivity index (χ3n) is 3.05. The molecule has 1 atom stereocenters. The second kappa shape index (κ2) is 7.93. The number of amides is 1. The molecule has 0 spiro atoms. The van der Waals surface area contributed by atoms with Crippen LogP contribution in [0.3, 0.4) is 0 Å². The molecule has 1 amide bonds. The highest BCUT2D eigenvalue weighted by Crippen LogP contribution is 2.18. The molecule has 0 fully saturated rings. The van der Waals surface area contributed by atoms with Crippen molar-refractivity contribution in [3.8, 4) is 5.69 Å². The average Bonchev–Trinajstić information content (AvgIpc) is 2.99. The van der Waals surface area contributed by atoms with Crippen LogP contribution in [0.1, 0.15) is 26.6 Å². The minimum atomic E-state index is -0.139. The van der Waals surface area contributed by atoms with E-state index in [-0.39, 0.29) is 11.2 Å². The Balaban J connectivity index is 1.93. The number of carbonyl (C=O) groups is 1. The highest BCUT2D eigenvalue weighted by Gasteiger charge is 2.16. The topological polar surface area (TPSA) is 72.7 Å². The molecule has 2 rings (SSSR count). The van der Waals surface area contributed by atoms with Gasteiger partial charge in [0.25, 0.3) is 0 Å². The molecular formula is C15H21N5OS. The van der Waals surface area contributed by atoms with Crippen LogP contribution in [0.25, 0.3) is 5.69 Å². The van der Waals surface area contributed by atoms with Gasteiger partial charge in [-0.3, -0.25) is 4.79 Å². The number of nitrogens with one attached hydrogen (secondary N) is 1. The lowest BCUT2D eigenvalue weighted by atomic mass is 10.2. The molecule has 1 aromatic carbocycles. The smallest absolute Gasteiger partial charge is 0.232 e. The average molecular weight is 319 g/mol. The fourth-order valence-corrected chi connectivity index (χ4v) is 2.60. The van der Waals surface area contributed by atoms with Gasteiger partial charge in [-0.25, -0.2) is 0 Å². The summed E-state index contributed by atoms with van der Waals surface area (Å²) in [4.78, 5) is 12.0. The van der Waals surface area contributed by atoms with Crippen LogP contribution in [0, 0.1) is 5.92 Å². The number of nitrogens with zero attached hydrogens (tertiary/aromatic N) is 4. The van der Waals surface area contributed by atoms with Crippen LogP contribution in [-0.4, -0.2) is 37.9 Å². The van der Waals surface area contributed by atoms with E-state index in [0.29, 0.717) is 18.2 Å². The number of hydrogen-bond acceptors (Lipinski definition) is 5. The molecule has 2 aromatic rings. The third kappa shape index (κ3) is 4.56. The summed E-state index contributed by atoms with van der Waals surface area (Å²) in [6.45, 7) is 6.75. The second-order valence-corrected chi connectivity index (χ2v) is 6.76. The van der Waals surface area contributed by atoms with E-state index < -0.39 is 0 Å². The van der Waals surface area contributed by atoms with Gasteiger partial charge in [-0.05, 0) is 35.4 Å². The first-order valence-corrected chi connectivity index (χ1v) is 8.34. The van der Waals surface area contributed by atoms with Gasteiger partial charge in [0.2, 0.25) is 5.91 Å². The molecule has 0 bridgehead atoms. The Bertz CT molecular complexity index is 599. The summed E-state index contributed by atoms with van der Waals surface area (Å²) in [6, 6.07) is 9.72. The predicted molar refractivity (Wildman–Crippen MR) is 87.8 cm³/mol. The number of tetrazole rings is 1. The van der Waals surface area contributed by atoms with Crippen LogP contribution in [0.2, 0.25) is 0 Å². The molecule has 0 saturated carbocycles. The molecule has 1 aromatic heterocycles. The van der Waals surface area contributed by atoms with Gasteiger partial charge < -0.3 is 5.32 Å². The lowest BCUT2D eigenvalue weighted by Gasteiger charge is -2.13. The molecule has 0 saturated heterocycles. The van der Waals surface area contributed by atoms with E-state index in [4.69, 9.17) is 0 Å². The predicted octanol–water partition coefficient (Wildman–Crippen LogP) is 2.06. The Morgan fingerprint density at radius 1 is 1.27 bits per heavy atom. The number of hydrogen-bond donors (Lipinski definition) is 1. The highest BCUT2D eigenvalue weighted by atomic mass is 32.2. The summed E-state index contributed by atoms with van der Waals surface area (Å²) in [5, 5.41) is 14.6. The zero-order valence-corrected chi connectivity index (χ0v) is 13.9. The van der Waals surface area contributed by atoms with Crippen LogP contribution in [0.5, 0.6) is 0 Å². The standard InChI is InChI=1S/C15H21N5OS/c1-11(2)9-16-15(21)12(3)22-10-14-17-18-19-20(14)13-7-5-4-6-8-13/h4-8,11-12H,9-10H2,1-3H3,(H,16,21)/t12-/m0/s1. The van der Waals surface area contributed by atoms with E-state index in [0.717, 1.165) is 11.5 Å². The molecular weight excluding hydrogens is 298 g/mol. The molecule has 0 aliphatic carbocycles. The molecule has 1 N–H and O–H groups in total. The normalized spacial score (nSPS) is 12.4. The van der Waals surface area contributed by atoms with Crippen molar-refractivity contribution in [3.05, 3.63) is 36.2 Å². The van der Waals surface area contributed by atoms with Gasteiger partial charge >= 0.3 is 0 Å². The first-order chi connectivity index (χ1) is 10.6. The monoisotopic (exact) mass is 319 g/mol. The van der Waals surface area contributed by atoms with Gasteiger partial charge in [0.1, 0.15) is 0 Å². The highest BCUT2D eigenvalue weighted by molar-refractivity contribution is 7.99. The van der Waals surface area contributed by atoms with E-state index in [1.807, 2.05) is 37.3 Å². The third-order valence-corrected chi connectivity index (χ3v) is 4.19. The van der Waals surface area contributed by atoms with Crippen LogP contribution >= 0.6 is 11.8 Å². The van der Waals surface area contributed by atoms with Crippen molar-refractivity contribution < 1.29 is 4.79 Å². The Hall–Kier alpha value is -1.89. The molecule has 6 nitrogen and oxygen atoms in total. The largest absolute Gasteiger partial charge is 0.355 e. The summed E-state index contributed by atoms with van der Waals surface area (Å²) in [6.07, 6.45) is 0. The summed E-state index contributed by atoms with van der Waals surface area (Å²) in [7, 11) is 0. The summed E-state index contributed by atoms with van der Waals surface area (Å²) in [5.41, 5.74) is 0.917. The number of carbonyl (C=O) groups excluding carboxylic acids is 1. The van der Waals surface area contributed by atoms with Crippen molar-refractivity contribution >= 4 is 17.7 Å². The van der Waals surface area contributed by atoms with Crippen molar-refractivity contribution in [2.75, 3.05) is 6.54 Å². The molecule has 7 heteroatoms.